The minimum Gasteiger partial charge on any atom is -0.466 e. The maximum atomic E-state index is 13.2. The lowest BCUT2D eigenvalue weighted by atomic mass is 10.2. The third kappa shape index (κ3) is 2.85. The van der Waals surface area contributed by atoms with Gasteiger partial charge in [-0.3, -0.25) is 0 Å². The highest BCUT2D eigenvalue weighted by molar-refractivity contribution is 6.30. The molecule has 0 bridgehead atoms. The van der Waals surface area contributed by atoms with Crippen LogP contribution in [0, 0.1) is 0 Å². The molecule has 0 spiro atoms. The van der Waals surface area contributed by atoms with Crippen LogP contribution in [0.3, 0.4) is 0 Å². The van der Waals surface area contributed by atoms with Gasteiger partial charge in [-0.1, -0.05) is 23.7 Å². The van der Waals surface area contributed by atoms with E-state index in [1.54, 1.807) is 12.1 Å². The van der Waals surface area contributed by atoms with Crippen molar-refractivity contribution in [3.63, 3.8) is 0 Å². The average Bonchev–Trinajstić information content (AvgIpc) is 2.18. The maximum Gasteiger partial charge on any atom is 0.333 e. The number of esters is 1. The fraction of sp³-hybridized carbons (Fsp3) is 0.100. The summed E-state index contributed by atoms with van der Waals surface area (Å²) in [7, 11) is 1.19. The SMILES string of the molecule is COC(=O)/C=C(\F)c1ccc(Cl)cc1. The quantitative estimate of drug-likeness (QED) is 0.559. The van der Waals surface area contributed by atoms with Gasteiger partial charge in [0.15, 0.2) is 0 Å². The number of hydrogen-bond donors (Lipinski definition) is 0. The van der Waals surface area contributed by atoms with Gasteiger partial charge < -0.3 is 4.74 Å². The van der Waals surface area contributed by atoms with Gasteiger partial charge in [0.1, 0.15) is 5.83 Å². The molecule has 1 aromatic rings. The van der Waals surface area contributed by atoms with Crippen LogP contribution in [0.25, 0.3) is 5.83 Å². The Kier molecular flexibility index (Phi) is 3.65. The summed E-state index contributed by atoms with van der Waals surface area (Å²) < 4.78 is 17.5. The van der Waals surface area contributed by atoms with E-state index in [9.17, 15) is 9.18 Å². The standard InChI is InChI=1S/C10H8ClFO2/c1-14-10(13)6-9(12)7-2-4-8(11)5-3-7/h2-6H,1H3/b9-6-. The average molecular weight is 215 g/mol. The van der Waals surface area contributed by atoms with Crippen LogP contribution in [0.15, 0.2) is 30.3 Å². The first-order valence-electron chi connectivity index (χ1n) is 3.84. The third-order valence-electron chi connectivity index (χ3n) is 1.57. The number of carbonyl (C=O) groups is 1. The van der Waals surface area contributed by atoms with Crippen LogP contribution in [0.5, 0.6) is 0 Å². The maximum absolute atomic E-state index is 13.2. The highest BCUT2D eigenvalue weighted by Crippen LogP contribution is 2.18. The fourth-order valence-corrected chi connectivity index (χ4v) is 0.981. The van der Waals surface area contributed by atoms with Crippen molar-refractivity contribution in [2.24, 2.45) is 0 Å². The Labute approximate surface area is 85.9 Å². The molecule has 1 aromatic carbocycles. The molecule has 0 fully saturated rings. The van der Waals surface area contributed by atoms with Crippen molar-refractivity contribution < 1.29 is 13.9 Å². The van der Waals surface area contributed by atoms with Gasteiger partial charge in [-0.25, -0.2) is 9.18 Å². The van der Waals surface area contributed by atoms with Crippen molar-refractivity contribution in [3.05, 3.63) is 40.9 Å². The molecule has 1 rings (SSSR count). The van der Waals surface area contributed by atoms with Crippen molar-refractivity contribution in [2.75, 3.05) is 7.11 Å². The van der Waals surface area contributed by atoms with Crippen LogP contribution < -0.4 is 0 Å². The zero-order chi connectivity index (χ0) is 10.6. The first-order chi connectivity index (χ1) is 6.63. The molecule has 2 nitrogen and oxygen atoms in total. The number of ether oxygens (including phenoxy) is 1. The summed E-state index contributed by atoms with van der Waals surface area (Å²) in [6.45, 7) is 0. The second-order valence-corrected chi connectivity index (χ2v) is 2.96. The van der Waals surface area contributed by atoms with Crippen LogP contribution in [-0.4, -0.2) is 13.1 Å². The largest absolute Gasteiger partial charge is 0.466 e. The van der Waals surface area contributed by atoms with Crippen molar-refractivity contribution in [1.82, 2.24) is 0 Å². The summed E-state index contributed by atoms with van der Waals surface area (Å²) in [6.07, 6.45) is 0.781. The van der Waals surface area contributed by atoms with Crippen molar-refractivity contribution in [1.29, 1.82) is 0 Å². The van der Waals surface area contributed by atoms with E-state index in [1.807, 2.05) is 0 Å². The van der Waals surface area contributed by atoms with Crippen LogP contribution in [-0.2, 0) is 9.53 Å². The normalized spacial score (nSPS) is 11.2. The smallest absolute Gasteiger partial charge is 0.333 e. The van der Waals surface area contributed by atoms with E-state index in [1.165, 1.54) is 19.2 Å². The summed E-state index contributed by atoms with van der Waals surface area (Å²) in [5, 5.41) is 0.514. The van der Waals surface area contributed by atoms with Crippen LogP contribution in [0.1, 0.15) is 5.56 Å². The number of hydrogen-bond acceptors (Lipinski definition) is 2. The first-order valence-corrected chi connectivity index (χ1v) is 4.22. The van der Waals surface area contributed by atoms with Gasteiger partial charge >= 0.3 is 5.97 Å². The number of halogens is 2. The Bertz CT molecular complexity index is 357. The third-order valence-corrected chi connectivity index (χ3v) is 1.82. The Morgan fingerprint density at radius 3 is 2.50 bits per heavy atom. The van der Waals surface area contributed by atoms with Gasteiger partial charge in [-0.2, -0.15) is 0 Å². The molecule has 0 amide bonds. The molecule has 0 unspecified atom stereocenters. The number of methoxy groups -OCH3 is 1. The molecule has 0 aliphatic rings. The topological polar surface area (TPSA) is 26.3 Å². The van der Waals surface area contributed by atoms with Gasteiger partial charge in [0.05, 0.1) is 13.2 Å². The van der Waals surface area contributed by atoms with E-state index < -0.39 is 11.8 Å². The molecule has 74 valence electrons. The number of rotatable bonds is 2. The fourth-order valence-electron chi connectivity index (χ4n) is 0.855. The van der Waals surface area contributed by atoms with Crippen molar-refractivity contribution in [2.45, 2.75) is 0 Å². The molecule has 0 heterocycles. The van der Waals surface area contributed by atoms with Gasteiger partial charge in [0.2, 0.25) is 0 Å². The Balaban J connectivity index is 2.89. The van der Waals surface area contributed by atoms with Gasteiger partial charge in [0.25, 0.3) is 0 Å². The lowest BCUT2D eigenvalue weighted by molar-refractivity contribution is -0.134. The molecular formula is C10H8ClFO2. The number of carbonyl (C=O) groups excluding carboxylic acids is 1. The van der Waals surface area contributed by atoms with Crippen LogP contribution >= 0.6 is 11.6 Å². The van der Waals surface area contributed by atoms with Crippen molar-refractivity contribution >= 4 is 23.4 Å². The first kappa shape index (κ1) is 10.7. The molecule has 0 aliphatic heterocycles. The second kappa shape index (κ2) is 4.77. The van der Waals surface area contributed by atoms with Gasteiger partial charge in [-0.05, 0) is 12.1 Å². The lowest BCUT2D eigenvalue weighted by Crippen LogP contribution is -1.95. The second-order valence-electron chi connectivity index (χ2n) is 2.52. The minimum absolute atomic E-state index is 0.291. The summed E-state index contributed by atoms with van der Waals surface area (Å²) in [4.78, 5) is 10.7. The molecule has 0 saturated heterocycles. The highest BCUT2D eigenvalue weighted by atomic mass is 35.5. The molecule has 0 radical (unpaired) electrons. The number of benzene rings is 1. The molecule has 14 heavy (non-hydrogen) atoms. The van der Waals surface area contributed by atoms with E-state index in [2.05, 4.69) is 4.74 Å². The highest BCUT2D eigenvalue weighted by Gasteiger charge is 2.03. The van der Waals surface area contributed by atoms with Crippen molar-refractivity contribution in [3.8, 4) is 0 Å². The summed E-state index contributed by atoms with van der Waals surface area (Å²) >= 11 is 5.62. The van der Waals surface area contributed by atoms with Gasteiger partial charge in [0, 0.05) is 10.6 Å². The summed E-state index contributed by atoms with van der Waals surface area (Å²) in [5.41, 5.74) is 0.291. The monoisotopic (exact) mass is 214 g/mol. The van der Waals surface area contributed by atoms with E-state index in [4.69, 9.17) is 11.6 Å². The minimum atomic E-state index is -0.725. The molecular weight excluding hydrogens is 207 g/mol. The van der Waals surface area contributed by atoms with E-state index in [-0.39, 0.29) is 0 Å². The van der Waals surface area contributed by atoms with Gasteiger partial charge in [-0.15, -0.1) is 0 Å². The zero-order valence-corrected chi connectivity index (χ0v) is 8.22. The predicted molar refractivity (Wildman–Crippen MR) is 52.6 cm³/mol. The molecule has 0 saturated carbocycles. The predicted octanol–water partition coefficient (Wildman–Crippen LogP) is 2.82. The van der Waals surface area contributed by atoms with E-state index in [0.29, 0.717) is 10.6 Å². The Morgan fingerprint density at radius 2 is 2.00 bits per heavy atom. The Morgan fingerprint density at radius 1 is 1.43 bits per heavy atom. The molecule has 4 heteroatoms. The van der Waals surface area contributed by atoms with E-state index in [0.717, 1.165) is 6.08 Å². The molecule has 0 atom stereocenters. The zero-order valence-electron chi connectivity index (χ0n) is 7.46. The molecule has 0 N–H and O–H groups in total. The van der Waals surface area contributed by atoms with Crippen LogP contribution in [0.2, 0.25) is 5.02 Å². The summed E-state index contributed by atoms with van der Waals surface area (Å²) in [5.74, 6) is -1.37. The Hall–Kier alpha value is -1.35. The van der Waals surface area contributed by atoms with Crippen LogP contribution in [0.4, 0.5) is 4.39 Å². The molecule has 0 aromatic heterocycles. The van der Waals surface area contributed by atoms with E-state index >= 15 is 0 Å². The lowest BCUT2D eigenvalue weighted by Gasteiger charge is -1.97. The summed E-state index contributed by atoms with van der Waals surface area (Å²) in [6, 6.07) is 6.05. The molecule has 0 aliphatic carbocycles.